The van der Waals surface area contributed by atoms with Gasteiger partial charge >= 0.3 is 0 Å². The van der Waals surface area contributed by atoms with E-state index in [4.69, 9.17) is 5.73 Å². The zero-order valence-corrected chi connectivity index (χ0v) is 10.7. The monoisotopic (exact) mass is 238 g/mol. The number of hydrogen-bond donors (Lipinski definition) is 3. The highest BCUT2D eigenvalue weighted by Crippen LogP contribution is 2.13. The molecule has 3 atom stereocenters. The Bertz CT molecular complexity index is 336. The van der Waals surface area contributed by atoms with Crippen LogP contribution in [0.15, 0.2) is 12.4 Å². The van der Waals surface area contributed by atoms with E-state index in [1.54, 1.807) is 12.4 Å². The number of carbonyl (C=O) groups excluding carboxylic acids is 1. The minimum absolute atomic E-state index is 0.0902. The fourth-order valence-corrected chi connectivity index (χ4v) is 1.61. The van der Waals surface area contributed by atoms with Gasteiger partial charge in [0, 0.05) is 12.4 Å². The molecule has 4 N–H and O–H groups in total. The average molecular weight is 238 g/mol. The number of aromatic nitrogens is 2. The SMILES string of the molecule is CCC(NC(=O)C(N)C(C)CC)c1ncc[nH]1. The van der Waals surface area contributed by atoms with Crippen LogP contribution in [0.4, 0.5) is 0 Å². The lowest BCUT2D eigenvalue weighted by molar-refractivity contribution is -0.124. The van der Waals surface area contributed by atoms with E-state index in [1.807, 2.05) is 20.8 Å². The molecule has 0 radical (unpaired) electrons. The molecule has 3 unspecified atom stereocenters. The lowest BCUT2D eigenvalue weighted by Gasteiger charge is -2.21. The topological polar surface area (TPSA) is 83.8 Å². The fraction of sp³-hybridized carbons (Fsp3) is 0.667. The maximum atomic E-state index is 11.9. The summed E-state index contributed by atoms with van der Waals surface area (Å²) < 4.78 is 0. The summed E-state index contributed by atoms with van der Waals surface area (Å²) in [6.45, 7) is 6.02. The van der Waals surface area contributed by atoms with E-state index < -0.39 is 6.04 Å². The molecule has 0 fully saturated rings. The van der Waals surface area contributed by atoms with Gasteiger partial charge in [0.15, 0.2) is 0 Å². The number of imidazole rings is 1. The zero-order chi connectivity index (χ0) is 12.8. The van der Waals surface area contributed by atoms with Crippen LogP contribution in [0.2, 0.25) is 0 Å². The Balaban J connectivity index is 2.60. The van der Waals surface area contributed by atoms with Crippen LogP contribution < -0.4 is 11.1 Å². The number of carbonyl (C=O) groups is 1. The summed E-state index contributed by atoms with van der Waals surface area (Å²) >= 11 is 0. The second kappa shape index (κ2) is 6.39. The van der Waals surface area contributed by atoms with Gasteiger partial charge in [-0.2, -0.15) is 0 Å². The van der Waals surface area contributed by atoms with Crippen LogP contribution in [0, 0.1) is 5.92 Å². The average Bonchev–Trinajstić information content (AvgIpc) is 2.87. The third-order valence-electron chi connectivity index (χ3n) is 3.13. The predicted molar refractivity (Wildman–Crippen MR) is 67.2 cm³/mol. The van der Waals surface area contributed by atoms with Gasteiger partial charge < -0.3 is 16.0 Å². The Hall–Kier alpha value is -1.36. The molecule has 96 valence electrons. The molecule has 1 heterocycles. The maximum absolute atomic E-state index is 11.9. The molecule has 1 aromatic heterocycles. The fourth-order valence-electron chi connectivity index (χ4n) is 1.61. The molecular weight excluding hydrogens is 216 g/mol. The molecule has 0 saturated heterocycles. The Labute approximate surface area is 102 Å². The standard InChI is InChI=1S/C12H22N4O/c1-4-8(3)10(13)12(17)16-9(5-2)11-14-6-7-15-11/h6-10H,4-5,13H2,1-3H3,(H,14,15)(H,16,17). The minimum Gasteiger partial charge on any atom is -0.347 e. The van der Waals surface area contributed by atoms with Crippen LogP contribution in [-0.2, 0) is 4.79 Å². The maximum Gasteiger partial charge on any atom is 0.237 e. The second-order valence-electron chi connectivity index (χ2n) is 4.36. The van der Waals surface area contributed by atoms with Gasteiger partial charge in [0.25, 0.3) is 0 Å². The predicted octanol–water partition coefficient (Wildman–Crippen LogP) is 1.35. The van der Waals surface area contributed by atoms with Gasteiger partial charge in [-0.3, -0.25) is 4.79 Å². The van der Waals surface area contributed by atoms with Crippen molar-refractivity contribution in [2.24, 2.45) is 11.7 Å². The summed E-state index contributed by atoms with van der Waals surface area (Å²) in [5.41, 5.74) is 5.88. The van der Waals surface area contributed by atoms with E-state index in [0.717, 1.165) is 18.7 Å². The number of amides is 1. The van der Waals surface area contributed by atoms with Gasteiger partial charge in [-0.05, 0) is 12.3 Å². The van der Waals surface area contributed by atoms with Crippen LogP contribution in [0.1, 0.15) is 45.5 Å². The van der Waals surface area contributed by atoms with Gasteiger partial charge in [0.2, 0.25) is 5.91 Å². The van der Waals surface area contributed by atoms with Crippen molar-refractivity contribution in [1.29, 1.82) is 0 Å². The Morgan fingerprint density at radius 2 is 2.24 bits per heavy atom. The molecule has 0 bridgehead atoms. The molecule has 0 aromatic carbocycles. The number of hydrogen-bond acceptors (Lipinski definition) is 3. The van der Waals surface area contributed by atoms with Gasteiger partial charge in [-0.1, -0.05) is 27.2 Å². The normalized spacial score (nSPS) is 16.2. The smallest absolute Gasteiger partial charge is 0.237 e. The van der Waals surface area contributed by atoms with Crippen molar-refractivity contribution >= 4 is 5.91 Å². The van der Waals surface area contributed by atoms with Crippen molar-refractivity contribution in [3.05, 3.63) is 18.2 Å². The molecule has 0 saturated carbocycles. The molecular formula is C12H22N4O. The van der Waals surface area contributed by atoms with Crippen LogP contribution in [-0.4, -0.2) is 21.9 Å². The second-order valence-corrected chi connectivity index (χ2v) is 4.36. The highest BCUT2D eigenvalue weighted by molar-refractivity contribution is 5.82. The molecule has 1 amide bonds. The Morgan fingerprint density at radius 1 is 1.53 bits per heavy atom. The summed E-state index contributed by atoms with van der Waals surface area (Å²) in [5, 5.41) is 2.93. The van der Waals surface area contributed by atoms with Crippen molar-refractivity contribution in [1.82, 2.24) is 15.3 Å². The van der Waals surface area contributed by atoms with Crippen LogP contribution in [0.5, 0.6) is 0 Å². The van der Waals surface area contributed by atoms with Crippen molar-refractivity contribution in [2.75, 3.05) is 0 Å². The molecule has 0 aliphatic heterocycles. The first-order valence-corrected chi connectivity index (χ1v) is 6.15. The lowest BCUT2D eigenvalue weighted by Crippen LogP contribution is -2.45. The van der Waals surface area contributed by atoms with Gasteiger partial charge in [0.05, 0.1) is 12.1 Å². The lowest BCUT2D eigenvalue weighted by atomic mass is 9.99. The largest absolute Gasteiger partial charge is 0.347 e. The van der Waals surface area contributed by atoms with E-state index >= 15 is 0 Å². The summed E-state index contributed by atoms with van der Waals surface area (Å²) in [5.74, 6) is 0.851. The number of H-pyrrole nitrogens is 1. The van der Waals surface area contributed by atoms with E-state index in [-0.39, 0.29) is 17.9 Å². The van der Waals surface area contributed by atoms with Crippen molar-refractivity contribution in [2.45, 2.75) is 45.7 Å². The molecule has 1 rings (SSSR count). The third-order valence-corrected chi connectivity index (χ3v) is 3.13. The number of aromatic amines is 1. The molecule has 0 aliphatic carbocycles. The minimum atomic E-state index is -0.455. The molecule has 1 aromatic rings. The van der Waals surface area contributed by atoms with E-state index in [2.05, 4.69) is 15.3 Å². The van der Waals surface area contributed by atoms with Gasteiger partial charge in [-0.15, -0.1) is 0 Å². The van der Waals surface area contributed by atoms with E-state index in [9.17, 15) is 4.79 Å². The third kappa shape index (κ3) is 3.56. The Morgan fingerprint density at radius 3 is 2.71 bits per heavy atom. The summed E-state index contributed by atoms with van der Waals surface area (Å²) in [6.07, 6.45) is 5.11. The molecule has 17 heavy (non-hydrogen) atoms. The highest BCUT2D eigenvalue weighted by atomic mass is 16.2. The highest BCUT2D eigenvalue weighted by Gasteiger charge is 2.22. The van der Waals surface area contributed by atoms with E-state index in [0.29, 0.717) is 0 Å². The number of nitrogens with zero attached hydrogens (tertiary/aromatic N) is 1. The number of nitrogens with two attached hydrogens (primary N) is 1. The zero-order valence-electron chi connectivity index (χ0n) is 10.7. The summed E-state index contributed by atoms with van der Waals surface area (Å²) in [4.78, 5) is 19.1. The van der Waals surface area contributed by atoms with Crippen LogP contribution >= 0.6 is 0 Å². The molecule has 5 nitrogen and oxygen atoms in total. The number of rotatable bonds is 6. The quantitative estimate of drug-likeness (QED) is 0.699. The first kappa shape index (κ1) is 13.7. The van der Waals surface area contributed by atoms with E-state index in [1.165, 1.54) is 0 Å². The molecule has 5 heteroatoms. The first-order chi connectivity index (χ1) is 8.10. The number of nitrogens with one attached hydrogen (secondary N) is 2. The molecule has 0 spiro atoms. The van der Waals surface area contributed by atoms with Crippen molar-refractivity contribution in [3.63, 3.8) is 0 Å². The van der Waals surface area contributed by atoms with Gasteiger partial charge in [-0.25, -0.2) is 4.98 Å². The summed E-state index contributed by atoms with van der Waals surface area (Å²) in [6, 6.07) is -0.545. The Kier molecular flexibility index (Phi) is 5.15. The van der Waals surface area contributed by atoms with Gasteiger partial charge in [0.1, 0.15) is 5.82 Å². The molecule has 0 aliphatic rings. The summed E-state index contributed by atoms with van der Waals surface area (Å²) in [7, 11) is 0. The first-order valence-electron chi connectivity index (χ1n) is 6.15. The van der Waals surface area contributed by atoms with Crippen LogP contribution in [0.25, 0.3) is 0 Å². The van der Waals surface area contributed by atoms with Crippen LogP contribution in [0.3, 0.4) is 0 Å². The van der Waals surface area contributed by atoms with Crippen molar-refractivity contribution in [3.8, 4) is 0 Å². The van der Waals surface area contributed by atoms with Crippen molar-refractivity contribution < 1.29 is 4.79 Å².